The number of nitrogens with zero attached hydrogens (tertiary/aromatic N) is 1. The molecule has 0 aliphatic heterocycles. The topological polar surface area (TPSA) is 68.3 Å². The van der Waals surface area contributed by atoms with Crippen molar-refractivity contribution in [3.8, 4) is 0 Å². The average molecular weight is 373 g/mol. The summed E-state index contributed by atoms with van der Waals surface area (Å²) in [5.74, 6) is -0.889. The van der Waals surface area contributed by atoms with Gasteiger partial charge in [-0.1, -0.05) is 23.2 Å². The number of aryl methyl sites for hydroxylation is 1. The molecule has 5 nitrogen and oxygen atoms in total. The molecular weight excluding hydrogens is 359 g/mol. The highest BCUT2D eigenvalue weighted by molar-refractivity contribution is 7.16. The summed E-state index contributed by atoms with van der Waals surface area (Å²) in [6.45, 7) is 5.68. The minimum Gasteiger partial charge on any atom is -0.462 e. The van der Waals surface area contributed by atoms with Crippen LogP contribution >= 0.6 is 34.5 Å². The molecule has 0 aromatic carbocycles. The number of carbonyl (C=O) groups excluding carboxylic acids is 2. The number of amides is 1. The van der Waals surface area contributed by atoms with Gasteiger partial charge in [0, 0.05) is 11.1 Å². The molecule has 1 N–H and O–H groups in total. The van der Waals surface area contributed by atoms with Crippen LogP contribution in [0.5, 0.6) is 0 Å². The number of pyridine rings is 1. The predicted octanol–water partition coefficient (Wildman–Crippen LogP) is 4.50. The van der Waals surface area contributed by atoms with Gasteiger partial charge >= 0.3 is 5.97 Å². The standard InChI is InChI=1S/C15H14Cl2N2O3S/c1-4-22-15(21)11-7(2)8(3)23-14(11)19-13(20)9-5-10(16)12(17)18-6-9/h5-6H,4H2,1-3H3,(H,19,20). The highest BCUT2D eigenvalue weighted by atomic mass is 35.5. The second-order valence-corrected chi connectivity index (χ2v) is 6.65. The molecule has 1 amide bonds. The van der Waals surface area contributed by atoms with Gasteiger partial charge in [0.2, 0.25) is 0 Å². The molecule has 2 aromatic heterocycles. The van der Waals surface area contributed by atoms with Gasteiger partial charge in [-0.05, 0) is 32.4 Å². The lowest BCUT2D eigenvalue weighted by atomic mass is 10.1. The van der Waals surface area contributed by atoms with E-state index in [9.17, 15) is 9.59 Å². The van der Waals surface area contributed by atoms with Crippen molar-refractivity contribution in [2.75, 3.05) is 11.9 Å². The Hall–Kier alpha value is -1.63. The van der Waals surface area contributed by atoms with E-state index in [4.69, 9.17) is 27.9 Å². The van der Waals surface area contributed by atoms with Gasteiger partial charge in [-0.3, -0.25) is 4.79 Å². The van der Waals surface area contributed by atoms with Crippen molar-refractivity contribution in [2.45, 2.75) is 20.8 Å². The fourth-order valence-electron chi connectivity index (χ4n) is 1.88. The summed E-state index contributed by atoms with van der Waals surface area (Å²) in [6.07, 6.45) is 1.32. The van der Waals surface area contributed by atoms with Gasteiger partial charge in [-0.2, -0.15) is 0 Å². The molecule has 0 saturated heterocycles. The van der Waals surface area contributed by atoms with Crippen molar-refractivity contribution in [1.29, 1.82) is 0 Å². The van der Waals surface area contributed by atoms with Crippen molar-refractivity contribution >= 4 is 51.4 Å². The lowest BCUT2D eigenvalue weighted by Gasteiger charge is -2.07. The quantitative estimate of drug-likeness (QED) is 0.633. The predicted molar refractivity (Wildman–Crippen MR) is 92.0 cm³/mol. The number of aromatic nitrogens is 1. The number of hydrogen-bond acceptors (Lipinski definition) is 5. The van der Waals surface area contributed by atoms with Gasteiger partial charge in [0.25, 0.3) is 5.91 Å². The molecule has 0 aliphatic rings. The second-order valence-electron chi connectivity index (χ2n) is 4.66. The van der Waals surface area contributed by atoms with E-state index in [0.29, 0.717) is 10.6 Å². The van der Waals surface area contributed by atoms with E-state index in [1.807, 2.05) is 13.8 Å². The summed E-state index contributed by atoms with van der Waals surface area (Å²) >= 11 is 12.9. The van der Waals surface area contributed by atoms with Crippen LogP contribution in [0.15, 0.2) is 12.3 Å². The maximum atomic E-state index is 12.3. The highest BCUT2D eigenvalue weighted by Gasteiger charge is 2.22. The Morgan fingerprint density at radius 3 is 2.65 bits per heavy atom. The number of anilines is 1. The van der Waals surface area contributed by atoms with Crippen LogP contribution in [-0.4, -0.2) is 23.5 Å². The van der Waals surface area contributed by atoms with Crippen LogP contribution in [0.3, 0.4) is 0 Å². The third-order valence-corrected chi connectivity index (χ3v) is 4.96. The summed E-state index contributed by atoms with van der Waals surface area (Å²) in [4.78, 5) is 29.2. The zero-order valence-electron chi connectivity index (χ0n) is 12.7. The monoisotopic (exact) mass is 372 g/mol. The molecule has 2 rings (SSSR count). The fourth-order valence-corrected chi connectivity index (χ4v) is 3.20. The van der Waals surface area contributed by atoms with Gasteiger partial charge < -0.3 is 10.1 Å². The van der Waals surface area contributed by atoms with E-state index >= 15 is 0 Å². The summed E-state index contributed by atoms with van der Waals surface area (Å²) in [5, 5.41) is 3.46. The molecule has 0 radical (unpaired) electrons. The Morgan fingerprint density at radius 1 is 1.35 bits per heavy atom. The Morgan fingerprint density at radius 2 is 2.04 bits per heavy atom. The molecule has 0 atom stereocenters. The number of carbonyl (C=O) groups is 2. The summed E-state index contributed by atoms with van der Waals surface area (Å²) in [7, 11) is 0. The number of rotatable bonds is 4. The molecule has 0 fully saturated rings. The smallest absolute Gasteiger partial charge is 0.341 e. The molecule has 2 heterocycles. The van der Waals surface area contributed by atoms with Crippen LogP contribution < -0.4 is 5.32 Å². The van der Waals surface area contributed by atoms with E-state index in [-0.39, 0.29) is 22.3 Å². The zero-order valence-corrected chi connectivity index (χ0v) is 15.0. The lowest BCUT2D eigenvalue weighted by Crippen LogP contribution is -2.15. The van der Waals surface area contributed by atoms with Crippen LogP contribution in [0.25, 0.3) is 0 Å². The van der Waals surface area contributed by atoms with E-state index in [1.54, 1.807) is 6.92 Å². The molecule has 2 aromatic rings. The minimum atomic E-state index is -0.461. The maximum Gasteiger partial charge on any atom is 0.341 e. The van der Waals surface area contributed by atoms with Crippen LogP contribution in [0, 0.1) is 13.8 Å². The van der Waals surface area contributed by atoms with Crippen molar-refractivity contribution in [3.05, 3.63) is 44.0 Å². The van der Waals surface area contributed by atoms with Gasteiger partial charge in [0.1, 0.15) is 10.2 Å². The molecule has 0 bridgehead atoms. The van der Waals surface area contributed by atoms with Crippen molar-refractivity contribution in [1.82, 2.24) is 4.98 Å². The van der Waals surface area contributed by atoms with Crippen molar-refractivity contribution < 1.29 is 14.3 Å². The number of ether oxygens (including phenoxy) is 1. The number of nitrogens with one attached hydrogen (secondary N) is 1. The van der Waals surface area contributed by atoms with Crippen LogP contribution in [0.2, 0.25) is 10.2 Å². The first-order valence-electron chi connectivity index (χ1n) is 6.74. The Labute approximate surface area is 147 Å². The Kier molecular flexibility index (Phi) is 5.62. The largest absolute Gasteiger partial charge is 0.462 e. The third-order valence-electron chi connectivity index (χ3n) is 3.15. The number of thiophene rings is 1. The first-order chi connectivity index (χ1) is 10.8. The first kappa shape index (κ1) is 17.7. The molecule has 0 spiro atoms. The molecule has 0 saturated carbocycles. The third kappa shape index (κ3) is 3.83. The zero-order chi connectivity index (χ0) is 17.1. The summed E-state index contributed by atoms with van der Waals surface area (Å²) in [5.41, 5.74) is 1.41. The van der Waals surface area contributed by atoms with Crippen LogP contribution in [0.4, 0.5) is 5.00 Å². The molecule has 23 heavy (non-hydrogen) atoms. The molecule has 0 aliphatic carbocycles. The molecule has 122 valence electrons. The van der Waals surface area contributed by atoms with E-state index < -0.39 is 11.9 Å². The summed E-state index contributed by atoms with van der Waals surface area (Å²) < 4.78 is 5.05. The summed E-state index contributed by atoms with van der Waals surface area (Å²) in [6, 6.07) is 1.42. The molecule has 8 heteroatoms. The average Bonchev–Trinajstić information content (AvgIpc) is 2.76. The van der Waals surface area contributed by atoms with Gasteiger partial charge in [-0.15, -0.1) is 11.3 Å². The minimum absolute atomic E-state index is 0.123. The van der Waals surface area contributed by atoms with E-state index in [2.05, 4.69) is 10.3 Å². The number of hydrogen-bond donors (Lipinski definition) is 1. The second kappa shape index (κ2) is 7.29. The van der Waals surface area contributed by atoms with Gasteiger partial charge in [-0.25, -0.2) is 9.78 Å². The first-order valence-corrected chi connectivity index (χ1v) is 8.31. The van der Waals surface area contributed by atoms with Gasteiger partial charge in [0.05, 0.1) is 22.8 Å². The van der Waals surface area contributed by atoms with Crippen LogP contribution in [-0.2, 0) is 4.74 Å². The fraction of sp³-hybridized carbons (Fsp3) is 0.267. The molecule has 0 unspecified atom stereocenters. The normalized spacial score (nSPS) is 10.5. The maximum absolute atomic E-state index is 12.3. The van der Waals surface area contributed by atoms with Crippen LogP contribution in [0.1, 0.15) is 38.1 Å². The van der Waals surface area contributed by atoms with Crippen molar-refractivity contribution in [3.63, 3.8) is 0 Å². The SMILES string of the molecule is CCOC(=O)c1c(NC(=O)c2cnc(Cl)c(Cl)c2)sc(C)c1C. The number of esters is 1. The van der Waals surface area contributed by atoms with E-state index in [0.717, 1.165) is 10.4 Å². The van der Waals surface area contributed by atoms with Gasteiger partial charge in [0.15, 0.2) is 0 Å². The van der Waals surface area contributed by atoms with E-state index in [1.165, 1.54) is 23.6 Å². The number of halogens is 2. The Balaban J connectivity index is 2.32. The molecular formula is C15H14Cl2N2O3S. The highest BCUT2D eigenvalue weighted by Crippen LogP contribution is 2.33. The lowest BCUT2D eigenvalue weighted by molar-refractivity contribution is 0.0527. The van der Waals surface area contributed by atoms with Crippen molar-refractivity contribution in [2.24, 2.45) is 0 Å². The Bertz CT molecular complexity index is 774.